The van der Waals surface area contributed by atoms with Crippen molar-refractivity contribution in [1.82, 2.24) is 9.78 Å². The lowest BCUT2D eigenvalue weighted by molar-refractivity contribution is -0.143. The van der Waals surface area contributed by atoms with E-state index in [4.69, 9.17) is 10.8 Å². The third-order valence-corrected chi connectivity index (χ3v) is 2.71. The van der Waals surface area contributed by atoms with E-state index < -0.39 is 11.5 Å². The SMILES string of the molecule is Cc1nn(CC(C)(N)C(=O)O)c(C)c1C. The van der Waals surface area contributed by atoms with Crippen LogP contribution in [0.1, 0.15) is 23.9 Å². The zero-order chi connectivity index (χ0) is 11.8. The molecule has 0 fully saturated rings. The van der Waals surface area contributed by atoms with E-state index in [2.05, 4.69) is 5.10 Å². The zero-order valence-corrected chi connectivity index (χ0v) is 9.53. The minimum Gasteiger partial charge on any atom is -0.480 e. The highest BCUT2D eigenvalue weighted by molar-refractivity contribution is 5.77. The first-order valence-corrected chi connectivity index (χ1v) is 4.78. The van der Waals surface area contributed by atoms with E-state index >= 15 is 0 Å². The van der Waals surface area contributed by atoms with Crippen molar-refractivity contribution in [2.45, 2.75) is 39.8 Å². The summed E-state index contributed by atoms with van der Waals surface area (Å²) in [6, 6.07) is 0. The van der Waals surface area contributed by atoms with Crippen molar-refractivity contribution in [2.24, 2.45) is 5.73 Å². The molecular weight excluding hydrogens is 194 g/mol. The fraction of sp³-hybridized carbons (Fsp3) is 0.600. The second kappa shape index (κ2) is 3.66. The number of carboxylic acid groups (broad SMARTS) is 1. The van der Waals surface area contributed by atoms with Gasteiger partial charge < -0.3 is 10.8 Å². The number of aromatic nitrogens is 2. The Bertz CT molecular complexity index is 394. The summed E-state index contributed by atoms with van der Waals surface area (Å²) >= 11 is 0. The molecule has 0 aromatic carbocycles. The minimum atomic E-state index is -1.28. The zero-order valence-electron chi connectivity index (χ0n) is 9.53. The molecule has 1 aromatic heterocycles. The van der Waals surface area contributed by atoms with Crippen LogP contribution < -0.4 is 5.73 Å². The molecule has 1 heterocycles. The van der Waals surface area contributed by atoms with Gasteiger partial charge in [-0.05, 0) is 33.3 Å². The average Bonchev–Trinajstić information content (AvgIpc) is 2.33. The van der Waals surface area contributed by atoms with Gasteiger partial charge in [0.25, 0.3) is 0 Å². The number of aliphatic carboxylic acids is 1. The second-order valence-corrected chi connectivity index (χ2v) is 4.18. The van der Waals surface area contributed by atoms with E-state index in [1.165, 1.54) is 6.92 Å². The van der Waals surface area contributed by atoms with Crippen molar-refractivity contribution >= 4 is 5.97 Å². The molecule has 0 radical (unpaired) electrons. The van der Waals surface area contributed by atoms with Gasteiger partial charge in [-0.1, -0.05) is 0 Å². The van der Waals surface area contributed by atoms with Gasteiger partial charge in [0.2, 0.25) is 0 Å². The lowest BCUT2D eigenvalue weighted by Crippen LogP contribution is -2.48. The van der Waals surface area contributed by atoms with Crippen LogP contribution in [-0.4, -0.2) is 26.4 Å². The molecule has 0 spiro atoms. The van der Waals surface area contributed by atoms with Crippen LogP contribution in [0.5, 0.6) is 0 Å². The summed E-state index contributed by atoms with van der Waals surface area (Å²) in [6.45, 7) is 7.44. The summed E-state index contributed by atoms with van der Waals surface area (Å²) in [5, 5.41) is 13.2. The molecule has 5 nitrogen and oxygen atoms in total. The fourth-order valence-corrected chi connectivity index (χ4v) is 1.32. The van der Waals surface area contributed by atoms with Gasteiger partial charge in [0.05, 0.1) is 12.2 Å². The molecule has 84 valence electrons. The molecule has 0 amide bonds. The number of carboxylic acids is 1. The number of rotatable bonds is 3. The van der Waals surface area contributed by atoms with Crippen LogP contribution in [0.15, 0.2) is 0 Å². The van der Waals surface area contributed by atoms with Gasteiger partial charge in [0.15, 0.2) is 0 Å². The van der Waals surface area contributed by atoms with E-state index in [0.29, 0.717) is 0 Å². The van der Waals surface area contributed by atoms with E-state index in [9.17, 15) is 4.79 Å². The summed E-state index contributed by atoms with van der Waals surface area (Å²) in [4.78, 5) is 10.9. The normalized spacial score (nSPS) is 15.0. The lowest BCUT2D eigenvalue weighted by Gasteiger charge is -2.19. The molecule has 1 aromatic rings. The van der Waals surface area contributed by atoms with E-state index in [0.717, 1.165) is 17.0 Å². The third kappa shape index (κ3) is 2.18. The number of aryl methyl sites for hydroxylation is 1. The van der Waals surface area contributed by atoms with Gasteiger partial charge >= 0.3 is 5.97 Å². The summed E-state index contributed by atoms with van der Waals surface area (Å²) in [5.41, 5.74) is 7.33. The number of hydrogen-bond donors (Lipinski definition) is 2. The Kier molecular flexibility index (Phi) is 2.86. The van der Waals surface area contributed by atoms with Crippen molar-refractivity contribution in [1.29, 1.82) is 0 Å². The van der Waals surface area contributed by atoms with Crippen LogP contribution in [0.4, 0.5) is 0 Å². The van der Waals surface area contributed by atoms with E-state index in [-0.39, 0.29) is 6.54 Å². The first-order chi connectivity index (χ1) is 6.75. The van der Waals surface area contributed by atoms with Crippen LogP contribution >= 0.6 is 0 Å². The van der Waals surface area contributed by atoms with Crippen LogP contribution in [0.3, 0.4) is 0 Å². The molecule has 15 heavy (non-hydrogen) atoms. The lowest BCUT2D eigenvalue weighted by atomic mass is 10.1. The van der Waals surface area contributed by atoms with Crippen molar-refractivity contribution in [3.63, 3.8) is 0 Å². The van der Waals surface area contributed by atoms with Crippen LogP contribution in [0.2, 0.25) is 0 Å². The number of nitrogens with two attached hydrogens (primary N) is 1. The topological polar surface area (TPSA) is 81.1 Å². The highest BCUT2D eigenvalue weighted by atomic mass is 16.4. The minimum absolute atomic E-state index is 0.183. The fourth-order valence-electron chi connectivity index (χ4n) is 1.32. The molecule has 1 unspecified atom stereocenters. The van der Waals surface area contributed by atoms with Gasteiger partial charge in [-0.3, -0.25) is 9.48 Å². The van der Waals surface area contributed by atoms with Crippen molar-refractivity contribution in [2.75, 3.05) is 0 Å². The molecule has 1 atom stereocenters. The molecule has 5 heteroatoms. The van der Waals surface area contributed by atoms with Gasteiger partial charge in [-0.2, -0.15) is 5.10 Å². The first kappa shape index (κ1) is 11.7. The maximum absolute atomic E-state index is 10.9. The summed E-state index contributed by atoms with van der Waals surface area (Å²) in [6.07, 6.45) is 0. The molecule has 0 saturated carbocycles. The maximum Gasteiger partial charge on any atom is 0.325 e. The van der Waals surface area contributed by atoms with Crippen LogP contribution in [-0.2, 0) is 11.3 Å². The van der Waals surface area contributed by atoms with Gasteiger partial charge in [-0.15, -0.1) is 0 Å². The molecule has 0 aliphatic carbocycles. The Morgan fingerprint density at radius 1 is 1.53 bits per heavy atom. The largest absolute Gasteiger partial charge is 0.480 e. The van der Waals surface area contributed by atoms with Crippen LogP contribution in [0.25, 0.3) is 0 Å². The number of nitrogens with zero attached hydrogens (tertiary/aromatic N) is 2. The Balaban J connectivity index is 3.00. The molecule has 0 saturated heterocycles. The summed E-state index contributed by atoms with van der Waals surface area (Å²) < 4.78 is 1.65. The quantitative estimate of drug-likeness (QED) is 0.767. The number of hydrogen-bond acceptors (Lipinski definition) is 3. The second-order valence-electron chi connectivity index (χ2n) is 4.18. The molecule has 1 rings (SSSR count). The molecule has 3 N–H and O–H groups in total. The summed E-state index contributed by atoms with van der Waals surface area (Å²) in [7, 11) is 0. The smallest absolute Gasteiger partial charge is 0.325 e. The Morgan fingerprint density at radius 2 is 2.07 bits per heavy atom. The summed E-state index contributed by atoms with van der Waals surface area (Å²) in [5.74, 6) is -1.02. The Labute approximate surface area is 88.9 Å². The van der Waals surface area contributed by atoms with Gasteiger partial charge in [-0.25, -0.2) is 0 Å². The average molecular weight is 211 g/mol. The van der Waals surface area contributed by atoms with E-state index in [1.807, 2.05) is 20.8 Å². The third-order valence-electron chi connectivity index (χ3n) is 2.71. The van der Waals surface area contributed by atoms with Gasteiger partial charge in [0, 0.05) is 5.69 Å². The number of carbonyl (C=O) groups is 1. The predicted molar refractivity (Wildman–Crippen MR) is 56.7 cm³/mol. The maximum atomic E-state index is 10.9. The Morgan fingerprint density at radius 3 is 2.40 bits per heavy atom. The highest BCUT2D eigenvalue weighted by Crippen LogP contribution is 2.13. The Hall–Kier alpha value is -1.36. The standard InChI is InChI=1S/C10H17N3O2/c1-6-7(2)12-13(8(6)3)5-10(4,11)9(14)15/h5,11H2,1-4H3,(H,14,15). The predicted octanol–water partition coefficient (Wildman–Crippen LogP) is 0.610. The highest BCUT2D eigenvalue weighted by Gasteiger charge is 2.29. The molecular formula is C10H17N3O2. The van der Waals surface area contributed by atoms with Gasteiger partial charge in [0.1, 0.15) is 5.54 Å². The van der Waals surface area contributed by atoms with Crippen LogP contribution in [0, 0.1) is 20.8 Å². The van der Waals surface area contributed by atoms with E-state index in [1.54, 1.807) is 4.68 Å². The molecule has 0 bridgehead atoms. The van der Waals surface area contributed by atoms with Crippen molar-refractivity contribution < 1.29 is 9.90 Å². The van der Waals surface area contributed by atoms with Crippen molar-refractivity contribution in [3.8, 4) is 0 Å². The first-order valence-electron chi connectivity index (χ1n) is 4.78. The molecule has 0 aliphatic heterocycles. The molecule has 0 aliphatic rings. The van der Waals surface area contributed by atoms with Crippen molar-refractivity contribution in [3.05, 3.63) is 17.0 Å². The monoisotopic (exact) mass is 211 g/mol.